The summed E-state index contributed by atoms with van der Waals surface area (Å²) in [5, 5.41) is 0. The van der Waals surface area contributed by atoms with Crippen molar-refractivity contribution in [3.05, 3.63) is 22.5 Å². The summed E-state index contributed by atoms with van der Waals surface area (Å²) in [5.41, 5.74) is 0.236. The Kier molecular flexibility index (Phi) is 2.91. The summed E-state index contributed by atoms with van der Waals surface area (Å²) in [6.45, 7) is 1.22. The van der Waals surface area contributed by atoms with Crippen molar-refractivity contribution in [3.8, 4) is 0 Å². The third-order valence-corrected chi connectivity index (χ3v) is 2.57. The van der Waals surface area contributed by atoms with Gasteiger partial charge in [-0.05, 0) is 0 Å². The number of hydrogen-bond acceptors (Lipinski definition) is 3. The molecule has 17 heavy (non-hydrogen) atoms. The summed E-state index contributed by atoms with van der Waals surface area (Å²) in [6, 6.07) is 0. The standard InChI is InChI=1S/C10H12F2N4O/c1-3-8-13-4-6-9(14-8)16(5-7(11)12)10(17)15(6)2/h4,7H,3,5H2,1-2H3. The molecule has 0 aromatic carbocycles. The molecule has 0 atom stereocenters. The Balaban J connectivity index is 2.71. The quantitative estimate of drug-likeness (QED) is 0.805. The summed E-state index contributed by atoms with van der Waals surface area (Å²) in [7, 11) is 1.52. The van der Waals surface area contributed by atoms with Gasteiger partial charge in [-0.1, -0.05) is 6.92 Å². The molecule has 0 amide bonds. The number of halogens is 2. The minimum Gasteiger partial charge on any atom is -0.292 e. The van der Waals surface area contributed by atoms with Gasteiger partial charge in [0.25, 0.3) is 6.43 Å². The van der Waals surface area contributed by atoms with Crippen LogP contribution in [-0.4, -0.2) is 25.5 Å². The highest BCUT2D eigenvalue weighted by atomic mass is 19.3. The maximum absolute atomic E-state index is 12.4. The molecule has 0 radical (unpaired) electrons. The van der Waals surface area contributed by atoms with Crippen LogP contribution in [0.4, 0.5) is 8.78 Å². The Morgan fingerprint density at radius 2 is 2.18 bits per heavy atom. The molecule has 2 aromatic heterocycles. The zero-order valence-corrected chi connectivity index (χ0v) is 9.52. The third kappa shape index (κ3) is 1.92. The molecule has 0 saturated carbocycles. The van der Waals surface area contributed by atoms with Crippen LogP contribution in [0.5, 0.6) is 0 Å². The lowest BCUT2D eigenvalue weighted by Gasteiger charge is -2.01. The van der Waals surface area contributed by atoms with Gasteiger partial charge in [0.1, 0.15) is 11.3 Å². The van der Waals surface area contributed by atoms with Crippen molar-refractivity contribution in [1.82, 2.24) is 19.1 Å². The van der Waals surface area contributed by atoms with Crippen LogP contribution in [-0.2, 0) is 20.0 Å². The van der Waals surface area contributed by atoms with Gasteiger partial charge in [0.15, 0.2) is 5.65 Å². The number of aromatic nitrogens is 4. The second kappa shape index (κ2) is 4.23. The van der Waals surface area contributed by atoms with Crippen LogP contribution < -0.4 is 5.69 Å². The Morgan fingerprint density at radius 1 is 1.47 bits per heavy atom. The molecule has 2 aromatic rings. The van der Waals surface area contributed by atoms with E-state index in [1.54, 1.807) is 0 Å². The highest BCUT2D eigenvalue weighted by Crippen LogP contribution is 2.10. The smallest absolute Gasteiger partial charge is 0.292 e. The summed E-state index contributed by atoms with van der Waals surface area (Å²) in [6.07, 6.45) is -0.503. The van der Waals surface area contributed by atoms with Gasteiger partial charge >= 0.3 is 5.69 Å². The van der Waals surface area contributed by atoms with E-state index in [1.807, 2.05) is 6.92 Å². The molecule has 0 bridgehead atoms. The lowest BCUT2D eigenvalue weighted by atomic mass is 10.4. The first-order valence-corrected chi connectivity index (χ1v) is 5.24. The number of rotatable bonds is 3. The topological polar surface area (TPSA) is 52.7 Å². The second-order valence-corrected chi connectivity index (χ2v) is 3.69. The highest BCUT2D eigenvalue weighted by Gasteiger charge is 2.16. The van der Waals surface area contributed by atoms with Gasteiger partial charge in [-0.3, -0.25) is 9.13 Å². The van der Waals surface area contributed by atoms with Crippen LogP contribution in [0.1, 0.15) is 12.7 Å². The zero-order valence-electron chi connectivity index (χ0n) is 9.52. The normalized spacial score (nSPS) is 11.6. The second-order valence-electron chi connectivity index (χ2n) is 3.69. The van der Waals surface area contributed by atoms with Crippen molar-refractivity contribution in [2.24, 2.45) is 7.05 Å². The molecule has 2 heterocycles. The first-order chi connectivity index (χ1) is 8.04. The van der Waals surface area contributed by atoms with Crippen molar-refractivity contribution in [3.63, 3.8) is 0 Å². The number of aryl methyl sites for hydroxylation is 2. The van der Waals surface area contributed by atoms with Crippen LogP contribution in [0.15, 0.2) is 11.0 Å². The summed E-state index contributed by atoms with van der Waals surface area (Å²) < 4.78 is 27.1. The molecule has 0 spiro atoms. The highest BCUT2D eigenvalue weighted by molar-refractivity contribution is 5.70. The number of nitrogens with zero attached hydrogens (tertiary/aromatic N) is 4. The van der Waals surface area contributed by atoms with Gasteiger partial charge in [0.2, 0.25) is 0 Å². The molecule has 0 aliphatic heterocycles. The maximum Gasteiger partial charge on any atom is 0.330 e. The number of alkyl halides is 2. The molecule has 0 aliphatic carbocycles. The van der Waals surface area contributed by atoms with E-state index in [0.717, 1.165) is 4.57 Å². The molecule has 5 nitrogen and oxygen atoms in total. The van der Waals surface area contributed by atoms with E-state index >= 15 is 0 Å². The Hall–Kier alpha value is -1.79. The van der Waals surface area contributed by atoms with Gasteiger partial charge in [0.05, 0.1) is 12.7 Å². The number of imidazole rings is 1. The van der Waals surface area contributed by atoms with Gasteiger partial charge in [0, 0.05) is 13.5 Å². The Labute approximate surface area is 95.7 Å². The van der Waals surface area contributed by atoms with Gasteiger partial charge < -0.3 is 0 Å². The minimum atomic E-state index is -2.58. The fourth-order valence-electron chi connectivity index (χ4n) is 1.68. The van der Waals surface area contributed by atoms with E-state index in [0.29, 0.717) is 17.8 Å². The van der Waals surface area contributed by atoms with Crippen LogP contribution in [0.2, 0.25) is 0 Å². The van der Waals surface area contributed by atoms with E-state index in [2.05, 4.69) is 9.97 Å². The number of fused-ring (bicyclic) bond motifs is 1. The lowest BCUT2D eigenvalue weighted by Crippen LogP contribution is -2.25. The molecule has 7 heteroatoms. The van der Waals surface area contributed by atoms with E-state index in [4.69, 9.17) is 0 Å². The SMILES string of the molecule is CCc1ncc2c(n1)n(CC(F)F)c(=O)n2C. The monoisotopic (exact) mass is 242 g/mol. The zero-order chi connectivity index (χ0) is 12.6. The average Bonchev–Trinajstić information content (AvgIpc) is 2.53. The predicted molar refractivity (Wildman–Crippen MR) is 58.2 cm³/mol. The fraction of sp³-hybridized carbons (Fsp3) is 0.500. The van der Waals surface area contributed by atoms with Gasteiger partial charge in [-0.15, -0.1) is 0 Å². The lowest BCUT2D eigenvalue weighted by molar-refractivity contribution is 0.126. The van der Waals surface area contributed by atoms with Gasteiger partial charge in [-0.25, -0.2) is 23.5 Å². The maximum atomic E-state index is 12.4. The van der Waals surface area contributed by atoms with Crippen molar-refractivity contribution in [2.45, 2.75) is 26.3 Å². The molecule has 0 aliphatic rings. The summed E-state index contributed by atoms with van der Waals surface area (Å²) >= 11 is 0. The molecule has 92 valence electrons. The van der Waals surface area contributed by atoms with E-state index < -0.39 is 18.7 Å². The average molecular weight is 242 g/mol. The van der Waals surface area contributed by atoms with E-state index in [9.17, 15) is 13.6 Å². The molecule has 2 rings (SSSR count). The molecular weight excluding hydrogens is 230 g/mol. The van der Waals surface area contributed by atoms with Crippen LogP contribution in [0, 0.1) is 0 Å². The van der Waals surface area contributed by atoms with Crippen molar-refractivity contribution < 1.29 is 8.78 Å². The fourth-order valence-corrected chi connectivity index (χ4v) is 1.68. The van der Waals surface area contributed by atoms with Crippen molar-refractivity contribution in [1.29, 1.82) is 0 Å². The Morgan fingerprint density at radius 3 is 2.76 bits per heavy atom. The van der Waals surface area contributed by atoms with Crippen LogP contribution in [0.25, 0.3) is 11.2 Å². The van der Waals surface area contributed by atoms with Crippen LogP contribution in [0.3, 0.4) is 0 Å². The first-order valence-electron chi connectivity index (χ1n) is 5.24. The predicted octanol–water partition coefficient (Wildman–Crippen LogP) is 0.957. The summed E-state index contributed by atoms with van der Waals surface area (Å²) in [5.74, 6) is 0.533. The van der Waals surface area contributed by atoms with Crippen molar-refractivity contribution in [2.75, 3.05) is 0 Å². The third-order valence-electron chi connectivity index (χ3n) is 2.57. The summed E-state index contributed by atoms with van der Waals surface area (Å²) in [4.78, 5) is 19.9. The van der Waals surface area contributed by atoms with E-state index in [-0.39, 0.29) is 5.65 Å². The minimum absolute atomic E-state index is 0.268. The molecule has 0 fully saturated rings. The van der Waals surface area contributed by atoms with E-state index in [1.165, 1.54) is 17.8 Å². The molecule has 0 unspecified atom stereocenters. The number of hydrogen-bond donors (Lipinski definition) is 0. The molecule has 0 saturated heterocycles. The molecule has 0 N–H and O–H groups in total. The largest absolute Gasteiger partial charge is 0.330 e. The Bertz CT molecular complexity index is 602. The van der Waals surface area contributed by atoms with Crippen molar-refractivity contribution >= 4 is 11.2 Å². The van der Waals surface area contributed by atoms with Gasteiger partial charge in [-0.2, -0.15) is 0 Å². The first kappa shape index (κ1) is 11.7. The molecular formula is C10H12F2N4O. The van der Waals surface area contributed by atoms with Crippen LogP contribution >= 0.6 is 0 Å².